The van der Waals surface area contributed by atoms with Gasteiger partial charge in [0.1, 0.15) is 0 Å². The maximum Gasteiger partial charge on any atom is 0.236 e. The molecule has 2 fully saturated rings. The van der Waals surface area contributed by atoms with E-state index in [1.807, 2.05) is 11.8 Å². The molecule has 5 nitrogen and oxygen atoms in total. The first-order valence-electron chi connectivity index (χ1n) is 6.99. The summed E-state index contributed by atoms with van der Waals surface area (Å²) in [6, 6.07) is 0.265. The highest BCUT2D eigenvalue weighted by Gasteiger charge is 2.32. The minimum Gasteiger partial charge on any atom is -0.353 e. The van der Waals surface area contributed by atoms with Gasteiger partial charge in [0.2, 0.25) is 11.8 Å². The Bertz CT molecular complexity index is 307. The molecule has 1 saturated carbocycles. The first-order chi connectivity index (χ1) is 8.70. The molecule has 1 saturated heterocycles. The van der Waals surface area contributed by atoms with E-state index in [1.165, 1.54) is 0 Å². The third-order valence-corrected chi connectivity index (χ3v) is 3.67. The molecule has 2 N–H and O–H groups in total. The normalized spacial score (nSPS) is 20.8. The maximum absolute atomic E-state index is 11.8. The number of hydrogen-bond acceptors (Lipinski definition) is 3. The first kappa shape index (κ1) is 13.3. The minimum absolute atomic E-state index is 0.170. The zero-order chi connectivity index (χ0) is 13.0. The lowest BCUT2D eigenvalue weighted by Crippen LogP contribution is -2.48. The van der Waals surface area contributed by atoms with Gasteiger partial charge in [-0.25, -0.2) is 0 Å². The summed E-state index contributed by atoms with van der Waals surface area (Å²) >= 11 is 0. The van der Waals surface area contributed by atoms with Crippen molar-refractivity contribution in [3.05, 3.63) is 0 Å². The van der Waals surface area contributed by atoms with Gasteiger partial charge in [-0.2, -0.15) is 0 Å². The molecule has 0 atom stereocenters. The Kier molecular flexibility index (Phi) is 4.58. The van der Waals surface area contributed by atoms with Crippen LogP contribution in [0.15, 0.2) is 0 Å². The first-order valence-corrected chi connectivity index (χ1v) is 6.99. The van der Waals surface area contributed by atoms with Crippen LogP contribution in [-0.4, -0.2) is 48.9 Å². The Hall–Kier alpha value is -1.10. The van der Waals surface area contributed by atoms with Gasteiger partial charge in [0.15, 0.2) is 0 Å². The molecule has 0 bridgehead atoms. The lowest BCUT2D eigenvalue weighted by Gasteiger charge is -2.32. The Morgan fingerprint density at radius 1 is 1.17 bits per heavy atom. The minimum atomic E-state index is 0.170. The lowest BCUT2D eigenvalue weighted by molar-refractivity contribution is -0.131. The van der Waals surface area contributed by atoms with E-state index in [-0.39, 0.29) is 23.8 Å². The van der Waals surface area contributed by atoms with Gasteiger partial charge in [-0.05, 0) is 32.2 Å². The number of carbonyl (C=O) groups excluding carboxylic acids is 2. The van der Waals surface area contributed by atoms with Gasteiger partial charge in [-0.15, -0.1) is 0 Å². The number of rotatable bonds is 5. The average Bonchev–Trinajstić information content (AvgIpc) is 3.21. The van der Waals surface area contributed by atoms with Crippen LogP contribution in [0.1, 0.15) is 32.6 Å². The number of likely N-dealkylation sites (tertiary alicyclic amines) is 1. The molecule has 102 valence electrons. The van der Waals surface area contributed by atoms with E-state index in [1.54, 1.807) is 0 Å². The monoisotopic (exact) mass is 253 g/mol. The number of carbonyl (C=O) groups is 2. The van der Waals surface area contributed by atoms with Crippen molar-refractivity contribution in [3.63, 3.8) is 0 Å². The van der Waals surface area contributed by atoms with Crippen LogP contribution in [0.5, 0.6) is 0 Å². The van der Waals surface area contributed by atoms with Crippen molar-refractivity contribution in [2.75, 3.05) is 26.2 Å². The maximum atomic E-state index is 11.8. The van der Waals surface area contributed by atoms with Crippen molar-refractivity contribution in [3.8, 4) is 0 Å². The number of likely N-dealkylation sites (N-methyl/N-ethyl adjacent to an activating group) is 1. The largest absolute Gasteiger partial charge is 0.353 e. The van der Waals surface area contributed by atoms with Crippen LogP contribution in [0.2, 0.25) is 0 Å². The second-order valence-electron chi connectivity index (χ2n) is 5.22. The van der Waals surface area contributed by atoms with Gasteiger partial charge < -0.3 is 15.5 Å². The molecule has 2 aliphatic rings. The number of nitrogens with one attached hydrogen (secondary N) is 2. The van der Waals surface area contributed by atoms with E-state index in [0.29, 0.717) is 6.54 Å². The van der Waals surface area contributed by atoms with Gasteiger partial charge >= 0.3 is 0 Å². The molecule has 5 heteroatoms. The van der Waals surface area contributed by atoms with Gasteiger partial charge in [-0.1, -0.05) is 6.92 Å². The van der Waals surface area contributed by atoms with Crippen molar-refractivity contribution in [1.29, 1.82) is 0 Å². The standard InChI is InChI=1S/C13H23N3O2/c1-2-14-9-12(17)16-7-5-11(6-8-16)15-13(18)10-3-4-10/h10-11,14H,2-9H2,1H3,(H,15,18). The highest BCUT2D eigenvalue weighted by Crippen LogP contribution is 2.29. The van der Waals surface area contributed by atoms with Crippen LogP contribution in [0, 0.1) is 5.92 Å². The number of nitrogens with zero attached hydrogens (tertiary/aromatic N) is 1. The molecule has 0 spiro atoms. The second-order valence-corrected chi connectivity index (χ2v) is 5.22. The molecule has 0 aromatic carbocycles. The van der Waals surface area contributed by atoms with E-state index in [2.05, 4.69) is 10.6 Å². The second kappa shape index (κ2) is 6.18. The van der Waals surface area contributed by atoms with Crippen molar-refractivity contribution >= 4 is 11.8 Å². The summed E-state index contributed by atoms with van der Waals surface area (Å²) in [6.45, 7) is 4.77. The lowest BCUT2D eigenvalue weighted by atomic mass is 10.0. The molecule has 2 rings (SSSR count). The van der Waals surface area contributed by atoms with Crippen molar-refractivity contribution in [2.24, 2.45) is 5.92 Å². The van der Waals surface area contributed by atoms with E-state index in [9.17, 15) is 9.59 Å². The Labute approximate surface area is 108 Å². The molecule has 2 amide bonds. The van der Waals surface area contributed by atoms with Crippen molar-refractivity contribution in [2.45, 2.75) is 38.6 Å². The van der Waals surface area contributed by atoms with Gasteiger partial charge in [0.25, 0.3) is 0 Å². The predicted molar refractivity (Wildman–Crippen MR) is 69.0 cm³/mol. The van der Waals surface area contributed by atoms with Crippen molar-refractivity contribution in [1.82, 2.24) is 15.5 Å². The van der Waals surface area contributed by atoms with E-state index >= 15 is 0 Å². The van der Waals surface area contributed by atoms with Gasteiger partial charge in [0, 0.05) is 25.0 Å². The fourth-order valence-electron chi connectivity index (χ4n) is 2.28. The molecular weight excluding hydrogens is 230 g/mol. The summed E-state index contributed by atoms with van der Waals surface area (Å²) in [5, 5.41) is 6.14. The molecule has 18 heavy (non-hydrogen) atoms. The highest BCUT2D eigenvalue weighted by molar-refractivity contribution is 5.81. The molecule has 1 aliphatic carbocycles. The van der Waals surface area contributed by atoms with Crippen LogP contribution in [-0.2, 0) is 9.59 Å². The molecule has 1 heterocycles. The van der Waals surface area contributed by atoms with Crippen LogP contribution < -0.4 is 10.6 Å². The van der Waals surface area contributed by atoms with E-state index in [4.69, 9.17) is 0 Å². The summed E-state index contributed by atoms with van der Waals surface area (Å²) < 4.78 is 0. The molecular formula is C13H23N3O2. The van der Waals surface area contributed by atoms with Gasteiger partial charge in [0.05, 0.1) is 6.54 Å². The predicted octanol–water partition coefficient (Wildman–Crippen LogP) is 0.113. The van der Waals surface area contributed by atoms with Crippen LogP contribution in [0.4, 0.5) is 0 Å². The van der Waals surface area contributed by atoms with E-state index in [0.717, 1.165) is 45.3 Å². The topological polar surface area (TPSA) is 61.4 Å². The smallest absolute Gasteiger partial charge is 0.236 e. The third kappa shape index (κ3) is 3.70. The third-order valence-electron chi connectivity index (χ3n) is 3.67. The van der Waals surface area contributed by atoms with Crippen LogP contribution in [0.3, 0.4) is 0 Å². The Morgan fingerprint density at radius 3 is 2.39 bits per heavy atom. The Balaban J connectivity index is 1.67. The Morgan fingerprint density at radius 2 is 1.83 bits per heavy atom. The summed E-state index contributed by atoms with van der Waals surface area (Å²) in [5.41, 5.74) is 0. The fourth-order valence-corrected chi connectivity index (χ4v) is 2.28. The van der Waals surface area contributed by atoms with Crippen molar-refractivity contribution < 1.29 is 9.59 Å². The van der Waals surface area contributed by atoms with Crippen LogP contribution in [0.25, 0.3) is 0 Å². The number of hydrogen-bond donors (Lipinski definition) is 2. The highest BCUT2D eigenvalue weighted by atomic mass is 16.2. The zero-order valence-corrected chi connectivity index (χ0v) is 11.1. The van der Waals surface area contributed by atoms with Gasteiger partial charge in [-0.3, -0.25) is 9.59 Å². The quantitative estimate of drug-likeness (QED) is 0.731. The molecule has 0 aromatic rings. The summed E-state index contributed by atoms with van der Waals surface area (Å²) in [5.74, 6) is 0.662. The number of amides is 2. The van der Waals surface area contributed by atoms with E-state index < -0.39 is 0 Å². The molecule has 0 unspecified atom stereocenters. The zero-order valence-electron chi connectivity index (χ0n) is 11.1. The average molecular weight is 253 g/mol. The fraction of sp³-hybridized carbons (Fsp3) is 0.846. The molecule has 0 radical (unpaired) electrons. The number of piperidine rings is 1. The van der Waals surface area contributed by atoms with Crippen LogP contribution >= 0.6 is 0 Å². The summed E-state index contributed by atoms with van der Waals surface area (Å²) in [7, 11) is 0. The SMILES string of the molecule is CCNCC(=O)N1CCC(NC(=O)C2CC2)CC1. The summed E-state index contributed by atoms with van der Waals surface area (Å²) in [4.78, 5) is 25.3. The molecule has 0 aromatic heterocycles. The summed E-state index contributed by atoms with van der Waals surface area (Å²) in [6.07, 6.45) is 3.87. The molecule has 1 aliphatic heterocycles.